The summed E-state index contributed by atoms with van der Waals surface area (Å²) in [5.74, 6) is 1.02. The van der Waals surface area contributed by atoms with Crippen molar-refractivity contribution in [1.29, 1.82) is 0 Å². The maximum absolute atomic E-state index is 4.94. The molecule has 5 heteroatoms. The van der Waals surface area contributed by atoms with Crippen molar-refractivity contribution < 1.29 is 4.74 Å². The molecular weight excluding hydrogens is 216 g/mol. The van der Waals surface area contributed by atoms with Gasteiger partial charge in [0, 0.05) is 31.3 Å². The lowest BCUT2D eigenvalue weighted by Crippen LogP contribution is -2.18. The van der Waals surface area contributed by atoms with E-state index in [1.165, 1.54) is 5.01 Å². The number of methoxy groups -OCH3 is 1. The number of hydrogen-bond acceptors (Lipinski definition) is 5. The second kappa shape index (κ2) is 7.23. The van der Waals surface area contributed by atoms with Crippen molar-refractivity contribution in [2.24, 2.45) is 0 Å². The summed E-state index contributed by atoms with van der Waals surface area (Å²) >= 11 is 3.54. The Labute approximate surface area is 93.3 Å². The molecule has 0 aromatic carbocycles. The average Bonchev–Trinajstić information content (AvgIpc) is 2.61. The number of aromatic nitrogens is 1. The molecule has 0 fully saturated rings. The molecule has 80 valence electrons. The van der Waals surface area contributed by atoms with E-state index in [9.17, 15) is 0 Å². The summed E-state index contributed by atoms with van der Waals surface area (Å²) < 4.78 is 4.94. The third-order valence-electron chi connectivity index (χ3n) is 1.66. The first kappa shape index (κ1) is 12.0. The average molecular weight is 232 g/mol. The molecule has 0 bridgehead atoms. The van der Waals surface area contributed by atoms with E-state index < -0.39 is 0 Å². The molecule has 0 atom stereocenters. The van der Waals surface area contributed by atoms with Crippen LogP contribution in [0.15, 0.2) is 5.38 Å². The Balaban J connectivity index is 2.22. The molecule has 14 heavy (non-hydrogen) atoms. The fourth-order valence-electron chi connectivity index (χ4n) is 1.01. The van der Waals surface area contributed by atoms with Crippen LogP contribution in [0.1, 0.15) is 10.7 Å². The van der Waals surface area contributed by atoms with E-state index in [1.807, 2.05) is 11.8 Å². The first-order valence-electron chi connectivity index (χ1n) is 4.48. The number of hydrogen-bond donors (Lipinski definition) is 1. The summed E-state index contributed by atoms with van der Waals surface area (Å²) in [6.45, 7) is 2.47. The predicted molar refractivity (Wildman–Crippen MR) is 62.9 cm³/mol. The number of nitrogens with one attached hydrogen (secondary N) is 1. The molecule has 1 aromatic rings. The van der Waals surface area contributed by atoms with Crippen molar-refractivity contribution in [3.63, 3.8) is 0 Å². The molecule has 3 nitrogen and oxygen atoms in total. The van der Waals surface area contributed by atoms with Crippen molar-refractivity contribution in [2.75, 3.05) is 26.5 Å². The third-order valence-corrected chi connectivity index (χ3v) is 3.30. The summed E-state index contributed by atoms with van der Waals surface area (Å²) in [6.07, 6.45) is 2.10. The molecule has 0 saturated carbocycles. The minimum Gasteiger partial charge on any atom is -0.383 e. The fourth-order valence-corrected chi connectivity index (χ4v) is 2.53. The molecule has 0 aliphatic carbocycles. The number of thiazole rings is 1. The first-order chi connectivity index (χ1) is 6.86. The third kappa shape index (κ3) is 4.41. The SMILES string of the molecule is COCCNCc1csc(CSC)n1. The largest absolute Gasteiger partial charge is 0.383 e. The lowest BCUT2D eigenvalue weighted by atomic mass is 10.5. The van der Waals surface area contributed by atoms with Crippen LogP contribution in [0.2, 0.25) is 0 Å². The van der Waals surface area contributed by atoms with Gasteiger partial charge in [-0.3, -0.25) is 0 Å². The molecule has 1 heterocycles. The van der Waals surface area contributed by atoms with Crippen LogP contribution in [-0.4, -0.2) is 31.5 Å². The molecule has 0 spiro atoms. The van der Waals surface area contributed by atoms with Gasteiger partial charge in [-0.1, -0.05) is 0 Å². The summed E-state index contributed by atoms with van der Waals surface area (Å²) in [4.78, 5) is 4.49. The number of rotatable bonds is 7. The van der Waals surface area contributed by atoms with Gasteiger partial charge in [0.1, 0.15) is 5.01 Å². The van der Waals surface area contributed by atoms with Crippen molar-refractivity contribution in [3.8, 4) is 0 Å². The van der Waals surface area contributed by atoms with Crippen LogP contribution < -0.4 is 5.32 Å². The lowest BCUT2D eigenvalue weighted by molar-refractivity contribution is 0.199. The maximum Gasteiger partial charge on any atom is 0.103 e. The quantitative estimate of drug-likeness (QED) is 0.726. The molecule has 0 saturated heterocycles. The van der Waals surface area contributed by atoms with Gasteiger partial charge in [-0.05, 0) is 6.26 Å². The van der Waals surface area contributed by atoms with Crippen LogP contribution >= 0.6 is 23.1 Å². The molecule has 0 aliphatic rings. The van der Waals surface area contributed by atoms with E-state index in [4.69, 9.17) is 4.74 Å². The summed E-state index contributed by atoms with van der Waals surface area (Å²) in [5, 5.41) is 6.60. The lowest BCUT2D eigenvalue weighted by Gasteiger charge is -2.00. The molecule has 0 radical (unpaired) electrons. The summed E-state index contributed by atoms with van der Waals surface area (Å²) in [7, 11) is 1.71. The van der Waals surface area contributed by atoms with Crippen LogP contribution in [0.25, 0.3) is 0 Å². The van der Waals surface area contributed by atoms with E-state index >= 15 is 0 Å². The van der Waals surface area contributed by atoms with Crippen LogP contribution in [0.5, 0.6) is 0 Å². The van der Waals surface area contributed by atoms with E-state index in [-0.39, 0.29) is 0 Å². The van der Waals surface area contributed by atoms with Gasteiger partial charge >= 0.3 is 0 Å². The van der Waals surface area contributed by atoms with Crippen LogP contribution in [0.3, 0.4) is 0 Å². The molecule has 0 aliphatic heterocycles. The summed E-state index contributed by atoms with van der Waals surface area (Å²) in [6, 6.07) is 0. The first-order valence-corrected chi connectivity index (χ1v) is 6.76. The van der Waals surface area contributed by atoms with Gasteiger partial charge in [0.15, 0.2) is 0 Å². The van der Waals surface area contributed by atoms with E-state index in [0.717, 1.165) is 31.1 Å². The Bertz CT molecular complexity index is 253. The Morgan fingerprint density at radius 3 is 3.21 bits per heavy atom. The second-order valence-electron chi connectivity index (χ2n) is 2.84. The highest BCUT2D eigenvalue weighted by Crippen LogP contribution is 2.14. The van der Waals surface area contributed by atoms with E-state index in [2.05, 4.69) is 21.9 Å². The Hall–Kier alpha value is -0.100. The van der Waals surface area contributed by atoms with Gasteiger partial charge in [0.2, 0.25) is 0 Å². The smallest absolute Gasteiger partial charge is 0.103 e. The standard InChI is InChI=1S/C9H16N2OS2/c1-12-4-3-10-5-8-6-14-9(11-8)7-13-2/h6,10H,3-5,7H2,1-2H3. The molecule has 1 aromatic heterocycles. The van der Waals surface area contributed by atoms with Crippen LogP contribution in [0, 0.1) is 0 Å². The zero-order valence-corrected chi connectivity index (χ0v) is 10.2. The van der Waals surface area contributed by atoms with Crippen molar-refractivity contribution in [2.45, 2.75) is 12.3 Å². The predicted octanol–water partition coefficient (Wildman–Crippen LogP) is 1.74. The van der Waals surface area contributed by atoms with Gasteiger partial charge in [-0.15, -0.1) is 11.3 Å². The topological polar surface area (TPSA) is 34.1 Å². The molecule has 1 N–H and O–H groups in total. The minimum absolute atomic E-state index is 0.752. The van der Waals surface area contributed by atoms with Gasteiger partial charge in [-0.2, -0.15) is 11.8 Å². The second-order valence-corrected chi connectivity index (χ2v) is 4.64. The van der Waals surface area contributed by atoms with Crippen LogP contribution in [-0.2, 0) is 17.0 Å². The minimum atomic E-state index is 0.752. The highest BCUT2D eigenvalue weighted by Gasteiger charge is 2.00. The molecule has 1 rings (SSSR count). The summed E-state index contributed by atoms with van der Waals surface area (Å²) in [5.41, 5.74) is 1.13. The van der Waals surface area contributed by atoms with E-state index in [0.29, 0.717) is 0 Å². The van der Waals surface area contributed by atoms with Crippen molar-refractivity contribution in [3.05, 3.63) is 16.1 Å². The zero-order chi connectivity index (χ0) is 10.2. The highest BCUT2D eigenvalue weighted by atomic mass is 32.2. The van der Waals surface area contributed by atoms with Crippen molar-refractivity contribution >= 4 is 23.1 Å². The molecule has 0 amide bonds. The van der Waals surface area contributed by atoms with Crippen molar-refractivity contribution in [1.82, 2.24) is 10.3 Å². The number of ether oxygens (including phenoxy) is 1. The molecule has 0 unspecified atom stereocenters. The molecular formula is C9H16N2OS2. The number of thioether (sulfide) groups is 1. The Morgan fingerprint density at radius 1 is 1.64 bits per heavy atom. The van der Waals surface area contributed by atoms with E-state index in [1.54, 1.807) is 18.4 Å². The number of nitrogens with zero attached hydrogens (tertiary/aromatic N) is 1. The Kier molecular flexibility index (Phi) is 6.18. The Morgan fingerprint density at radius 2 is 2.50 bits per heavy atom. The van der Waals surface area contributed by atoms with Gasteiger partial charge in [0.25, 0.3) is 0 Å². The normalized spacial score (nSPS) is 10.7. The van der Waals surface area contributed by atoms with Gasteiger partial charge < -0.3 is 10.1 Å². The monoisotopic (exact) mass is 232 g/mol. The van der Waals surface area contributed by atoms with Gasteiger partial charge in [-0.25, -0.2) is 4.98 Å². The zero-order valence-electron chi connectivity index (χ0n) is 8.58. The fraction of sp³-hybridized carbons (Fsp3) is 0.667. The van der Waals surface area contributed by atoms with Crippen LogP contribution in [0.4, 0.5) is 0 Å². The highest BCUT2D eigenvalue weighted by molar-refractivity contribution is 7.97. The maximum atomic E-state index is 4.94. The van der Waals surface area contributed by atoms with Gasteiger partial charge in [0.05, 0.1) is 12.3 Å².